The van der Waals surface area contributed by atoms with Crippen LogP contribution in [0.1, 0.15) is 30.9 Å². The first-order valence-electron chi connectivity index (χ1n) is 8.53. The summed E-state index contributed by atoms with van der Waals surface area (Å²) in [5, 5.41) is 7.32. The Balaban J connectivity index is 1.84. The van der Waals surface area contributed by atoms with Crippen LogP contribution in [-0.2, 0) is 21.0 Å². The Labute approximate surface area is 165 Å². The maximum Gasteiger partial charge on any atom is 0.418 e. The van der Waals surface area contributed by atoms with Crippen molar-refractivity contribution < 1.29 is 30.8 Å². The van der Waals surface area contributed by atoms with Crippen molar-refractivity contribution in [2.24, 2.45) is 16.5 Å². The third-order valence-corrected chi connectivity index (χ3v) is 6.15. The van der Waals surface area contributed by atoms with Gasteiger partial charge in [-0.2, -0.15) is 13.2 Å². The molecule has 5 nitrogen and oxygen atoms in total. The van der Waals surface area contributed by atoms with Crippen molar-refractivity contribution in [1.82, 2.24) is 0 Å². The highest BCUT2D eigenvalue weighted by molar-refractivity contribution is 7.89. The molecule has 0 unspecified atom stereocenters. The van der Waals surface area contributed by atoms with Gasteiger partial charge < -0.3 is 5.32 Å². The van der Waals surface area contributed by atoms with E-state index in [1.807, 2.05) is 0 Å². The van der Waals surface area contributed by atoms with Crippen LogP contribution in [0.15, 0.2) is 47.4 Å². The van der Waals surface area contributed by atoms with Crippen LogP contribution >= 0.6 is 0 Å². The van der Waals surface area contributed by atoms with Crippen molar-refractivity contribution in [2.75, 3.05) is 5.32 Å². The van der Waals surface area contributed by atoms with Crippen molar-refractivity contribution in [3.8, 4) is 0 Å². The molecule has 2 atom stereocenters. The van der Waals surface area contributed by atoms with Crippen LogP contribution in [-0.4, -0.2) is 14.3 Å². The number of halogens is 4. The van der Waals surface area contributed by atoms with Gasteiger partial charge in [0.15, 0.2) is 0 Å². The molecule has 1 amide bonds. The van der Waals surface area contributed by atoms with Gasteiger partial charge in [-0.1, -0.05) is 26.0 Å². The third kappa shape index (κ3) is 4.13. The average molecular weight is 430 g/mol. The number of hydrogen-bond donors (Lipinski definition) is 2. The Morgan fingerprint density at radius 3 is 2.21 bits per heavy atom. The van der Waals surface area contributed by atoms with E-state index in [1.54, 1.807) is 13.8 Å². The Kier molecular flexibility index (Phi) is 4.99. The molecule has 3 N–H and O–H groups in total. The van der Waals surface area contributed by atoms with Gasteiger partial charge in [0.25, 0.3) is 0 Å². The summed E-state index contributed by atoms with van der Waals surface area (Å²) in [5.74, 6) is -2.66. The van der Waals surface area contributed by atoms with Gasteiger partial charge in [0.05, 0.1) is 22.1 Å². The summed E-state index contributed by atoms with van der Waals surface area (Å²) in [6.45, 7) is 3.57. The van der Waals surface area contributed by atoms with Crippen molar-refractivity contribution in [3.63, 3.8) is 0 Å². The second-order valence-electron chi connectivity index (χ2n) is 7.57. The highest BCUT2D eigenvalue weighted by Crippen LogP contribution is 2.64. The van der Waals surface area contributed by atoms with E-state index in [9.17, 15) is 30.8 Å². The Hall–Kier alpha value is -2.46. The van der Waals surface area contributed by atoms with Gasteiger partial charge in [-0.15, -0.1) is 0 Å². The van der Waals surface area contributed by atoms with Crippen LogP contribution in [0.2, 0.25) is 0 Å². The Morgan fingerprint density at radius 2 is 1.69 bits per heavy atom. The van der Waals surface area contributed by atoms with Gasteiger partial charge in [-0.05, 0) is 41.3 Å². The molecule has 1 fully saturated rings. The van der Waals surface area contributed by atoms with Gasteiger partial charge in [-0.25, -0.2) is 17.9 Å². The van der Waals surface area contributed by atoms with Gasteiger partial charge in [0.1, 0.15) is 5.82 Å². The summed E-state index contributed by atoms with van der Waals surface area (Å²) in [6.07, 6.45) is -4.83. The minimum atomic E-state index is -4.83. The number of amides is 1. The molecule has 0 saturated heterocycles. The first-order valence-corrected chi connectivity index (χ1v) is 10.1. The molecule has 1 aliphatic rings. The monoisotopic (exact) mass is 430 g/mol. The fourth-order valence-electron chi connectivity index (χ4n) is 3.68. The molecule has 2 aromatic rings. The third-order valence-electron chi connectivity index (χ3n) is 5.22. The molecular formula is C19H18F4N2O3S. The van der Waals surface area contributed by atoms with Crippen LogP contribution in [0.25, 0.3) is 0 Å². The van der Waals surface area contributed by atoms with E-state index in [0.29, 0.717) is 11.6 Å². The lowest BCUT2D eigenvalue weighted by Crippen LogP contribution is -2.20. The van der Waals surface area contributed by atoms with Crippen LogP contribution in [0.5, 0.6) is 0 Å². The van der Waals surface area contributed by atoms with Crippen molar-refractivity contribution in [1.29, 1.82) is 0 Å². The largest absolute Gasteiger partial charge is 0.418 e. The second-order valence-corrected chi connectivity index (χ2v) is 9.13. The zero-order chi connectivity index (χ0) is 21.8. The molecule has 0 aliphatic heterocycles. The molecule has 0 radical (unpaired) electrons. The minimum absolute atomic E-state index is 0.0816. The van der Waals surface area contributed by atoms with Gasteiger partial charge in [0.2, 0.25) is 15.9 Å². The van der Waals surface area contributed by atoms with Crippen LogP contribution in [0.3, 0.4) is 0 Å². The van der Waals surface area contributed by atoms with Gasteiger partial charge in [-0.3, -0.25) is 4.79 Å². The second kappa shape index (κ2) is 6.81. The number of hydrogen-bond acceptors (Lipinski definition) is 3. The van der Waals surface area contributed by atoms with Crippen LogP contribution < -0.4 is 10.5 Å². The first-order chi connectivity index (χ1) is 13.2. The molecule has 0 aromatic heterocycles. The maximum absolute atomic E-state index is 13.2. The molecule has 2 aromatic carbocycles. The fraction of sp³-hybridized carbons (Fsp3) is 0.316. The quantitative estimate of drug-likeness (QED) is 0.722. The SMILES string of the molecule is CC1(C)[C@@H](C(=O)Nc2ccc(F)cc2C(F)(F)F)[C@@H]1c1ccc(S(N)(=O)=O)cc1. The Bertz CT molecular complexity index is 1060. The number of nitrogens with one attached hydrogen (secondary N) is 1. The average Bonchev–Trinajstić information content (AvgIpc) is 3.17. The molecule has 1 aliphatic carbocycles. The molecule has 0 heterocycles. The highest BCUT2D eigenvalue weighted by atomic mass is 32.2. The lowest BCUT2D eigenvalue weighted by atomic mass is 10.0. The summed E-state index contributed by atoms with van der Waals surface area (Å²) < 4.78 is 75.4. The number of sulfonamides is 1. The molecule has 0 bridgehead atoms. The number of nitrogens with two attached hydrogens (primary N) is 1. The summed E-state index contributed by atoms with van der Waals surface area (Å²) >= 11 is 0. The van der Waals surface area contributed by atoms with E-state index >= 15 is 0 Å². The molecular weight excluding hydrogens is 412 g/mol. The molecule has 156 valence electrons. The minimum Gasteiger partial charge on any atom is -0.325 e. The summed E-state index contributed by atoms with van der Waals surface area (Å²) in [5.41, 5.74) is -1.68. The maximum atomic E-state index is 13.2. The number of benzene rings is 2. The number of rotatable bonds is 4. The smallest absolute Gasteiger partial charge is 0.325 e. The molecule has 29 heavy (non-hydrogen) atoms. The van der Waals surface area contributed by atoms with Gasteiger partial charge >= 0.3 is 6.18 Å². The molecule has 1 saturated carbocycles. The number of carbonyl (C=O) groups excluding carboxylic acids is 1. The first kappa shape index (κ1) is 21.3. The summed E-state index contributed by atoms with van der Waals surface area (Å²) in [7, 11) is -3.86. The number of alkyl halides is 3. The zero-order valence-electron chi connectivity index (χ0n) is 15.4. The standard InChI is InChI=1S/C19H18F4N2O3S/c1-18(2)15(10-3-6-12(7-4-10)29(24,27)28)16(18)17(26)25-14-8-5-11(20)9-13(14)19(21,22)23/h3-9,15-16H,1-2H3,(H,25,26)(H2,24,27,28)/t15-,16+/m0/s1. The fourth-order valence-corrected chi connectivity index (χ4v) is 4.20. The lowest BCUT2D eigenvalue weighted by Gasteiger charge is -2.14. The van der Waals surface area contributed by atoms with E-state index in [4.69, 9.17) is 5.14 Å². The van der Waals surface area contributed by atoms with Crippen LogP contribution in [0.4, 0.5) is 23.2 Å². The normalized spacial score (nSPS) is 20.9. The Morgan fingerprint density at radius 1 is 1.10 bits per heavy atom. The topological polar surface area (TPSA) is 89.3 Å². The predicted molar refractivity (Wildman–Crippen MR) is 97.9 cm³/mol. The summed E-state index contributed by atoms with van der Waals surface area (Å²) in [6, 6.07) is 7.73. The van der Waals surface area contributed by atoms with Gasteiger partial charge in [0, 0.05) is 5.92 Å². The van der Waals surface area contributed by atoms with Crippen molar-refractivity contribution in [3.05, 3.63) is 59.4 Å². The van der Waals surface area contributed by atoms with E-state index in [-0.39, 0.29) is 10.8 Å². The number of carbonyl (C=O) groups is 1. The van der Waals surface area contributed by atoms with Crippen molar-refractivity contribution in [2.45, 2.75) is 30.8 Å². The number of primary sulfonamides is 1. The summed E-state index contributed by atoms with van der Waals surface area (Å²) in [4.78, 5) is 12.6. The lowest BCUT2D eigenvalue weighted by molar-refractivity contribution is -0.137. The zero-order valence-corrected chi connectivity index (χ0v) is 16.2. The molecule has 0 spiro atoms. The predicted octanol–water partition coefficient (Wildman–Crippen LogP) is 3.87. The highest BCUT2D eigenvalue weighted by Gasteiger charge is 2.62. The van der Waals surface area contributed by atoms with E-state index in [0.717, 1.165) is 12.1 Å². The van der Waals surface area contributed by atoms with Crippen LogP contribution in [0, 0.1) is 17.2 Å². The molecule has 3 rings (SSSR count). The molecule has 10 heteroatoms. The number of anilines is 1. The van der Waals surface area contributed by atoms with Crippen molar-refractivity contribution >= 4 is 21.6 Å². The van der Waals surface area contributed by atoms with E-state index in [2.05, 4.69) is 5.32 Å². The van der Waals surface area contributed by atoms with E-state index < -0.39 is 50.5 Å². The van der Waals surface area contributed by atoms with E-state index in [1.165, 1.54) is 24.3 Å².